The van der Waals surface area contributed by atoms with Gasteiger partial charge in [0.05, 0.1) is 21.2 Å². The highest BCUT2D eigenvalue weighted by atomic mass is 32.2. The molecule has 0 saturated carbocycles. The van der Waals surface area contributed by atoms with Gasteiger partial charge in [-0.3, -0.25) is 0 Å². The Kier molecular flexibility index (Phi) is 2.15. The van der Waals surface area contributed by atoms with Crippen molar-refractivity contribution in [3.63, 3.8) is 0 Å². The predicted octanol–water partition coefficient (Wildman–Crippen LogP) is 4.15. The van der Waals surface area contributed by atoms with E-state index in [0.29, 0.717) is 5.25 Å². The van der Waals surface area contributed by atoms with E-state index >= 15 is 0 Å². The normalized spacial score (nSPS) is 22.1. The molecule has 2 heterocycles. The summed E-state index contributed by atoms with van der Waals surface area (Å²) in [6.45, 7) is 11.1. The van der Waals surface area contributed by atoms with Crippen LogP contribution in [0.1, 0.15) is 43.0 Å². The van der Waals surface area contributed by atoms with E-state index in [4.69, 9.17) is 4.98 Å². The maximum absolute atomic E-state index is 4.81. The third kappa shape index (κ3) is 1.45. The van der Waals surface area contributed by atoms with Crippen molar-refractivity contribution in [2.75, 3.05) is 0 Å². The average Bonchev–Trinajstić information content (AvgIpc) is 2.66. The number of nitrogens with zero attached hydrogens (tertiary/aromatic N) is 2. The fourth-order valence-corrected chi connectivity index (χ4v) is 4.15. The first kappa shape index (κ1) is 11.1. The lowest BCUT2D eigenvalue weighted by Gasteiger charge is -2.21. The number of aromatic nitrogens is 2. The summed E-state index contributed by atoms with van der Waals surface area (Å²) in [6.07, 6.45) is 0. The highest BCUT2D eigenvalue weighted by Crippen LogP contribution is 2.50. The van der Waals surface area contributed by atoms with Crippen molar-refractivity contribution in [2.45, 2.75) is 44.7 Å². The number of hydrogen-bond donors (Lipinski definition) is 0. The summed E-state index contributed by atoms with van der Waals surface area (Å²) >= 11 is 1.98. The molecule has 2 nitrogen and oxygen atoms in total. The van der Waals surface area contributed by atoms with E-state index in [9.17, 15) is 0 Å². The molecule has 0 spiro atoms. The van der Waals surface area contributed by atoms with Crippen LogP contribution < -0.4 is 0 Å². The van der Waals surface area contributed by atoms with E-state index in [0.717, 1.165) is 5.52 Å². The molecule has 0 amide bonds. The summed E-state index contributed by atoms with van der Waals surface area (Å²) < 4.78 is 2.41. The molecule has 3 rings (SSSR count). The fourth-order valence-electron chi connectivity index (χ4n) is 2.73. The minimum atomic E-state index is 0.116. The Labute approximate surface area is 106 Å². The molecule has 1 aliphatic rings. The quantitative estimate of drug-likeness (QED) is 0.695. The highest BCUT2D eigenvalue weighted by Gasteiger charge is 2.37. The number of fused-ring (bicyclic) bond motifs is 3. The molecule has 90 valence electrons. The number of thioether (sulfide) groups is 1. The number of aryl methyl sites for hydroxylation is 2. The molecule has 17 heavy (non-hydrogen) atoms. The zero-order chi connectivity index (χ0) is 12.4. The van der Waals surface area contributed by atoms with Crippen LogP contribution in [0.4, 0.5) is 0 Å². The van der Waals surface area contributed by atoms with E-state index in [2.05, 4.69) is 51.3 Å². The molecule has 0 saturated heterocycles. The van der Waals surface area contributed by atoms with Crippen LogP contribution in [0.25, 0.3) is 11.0 Å². The molecule has 3 heteroatoms. The zero-order valence-electron chi connectivity index (χ0n) is 11.0. The standard InChI is InChI=1S/C14H18N2S/c1-8-6-11-12(7-9(8)2)16-13(15-11)10(3)17-14(16,4)5/h6-7,10H,1-5H3. The van der Waals surface area contributed by atoms with Crippen molar-refractivity contribution in [3.8, 4) is 0 Å². The Morgan fingerprint density at radius 1 is 1.24 bits per heavy atom. The smallest absolute Gasteiger partial charge is 0.124 e. The maximum Gasteiger partial charge on any atom is 0.124 e. The molecular weight excluding hydrogens is 228 g/mol. The van der Waals surface area contributed by atoms with Crippen molar-refractivity contribution in [1.29, 1.82) is 0 Å². The van der Waals surface area contributed by atoms with Gasteiger partial charge in [0.2, 0.25) is 0 Å². The topological polar surface area (TPSA) is 17.8 Å². The molecular formula is C14H18N2S. The van der Waals surface area contributed by atoms with Gasteiger partial charge in [-0.25, -0.2) is 4.98 Å². The van der Waals surface area contributed by atoms with Crippen LogP contribution in [0, 0.1) is 13.8 Å². The number of imidazole rings is 1. The molecule has 2 aromatic rings. The Hall–Kier alpha value is -0.960. The van der Waals surface area contributed by atoms with Crippen molar-refractivity contribution in [2.24, 2.45) is 0 Å². The van der Waals surface area contributed by atoms with Gasteiger partial charge in [0, 0.05) is 0 Å². The SMILES string of the molecule is Cc1cc2nc3n(c2cc1C)C(C)(C)SC3C. The van der Waals surface area contributed by atoms with Crippen LogP contribution in [-0.2, 0) is 4.87 Å². The predicted molar refractivity (Wildman–Crippen MR) is 74.5 cm³/mol. The summed E-state index contributed by atoms with van der Waals surface area (Å²) in [6, 6.07) is 4.49. The van der Waals surface area contributed by atoms with Crippen molar-refractivity contribution in [1.82, 2.24) is 9.55 Å². The molecule has 0 N–H and O–H groups in total. The lowest BCUT2D eigenvalue weighted by Crippen LogP contribution is -2.17. The molecule has 0 fully saturated rings. The van der Waals surface area contributed by atoms with E-state index in [-0.39, 0.29) is 4.87 Å². The summed E-state index contributed by atoms with van der Waals surface area (Å²) in [7, 11) is 0. The van der Waals surface area contributed by atoms with Gasteiger partial charge in [-0.2, -0.15) is 0 Å². The minimum Gasteiger partial charge on any atom is -0.312 e. The Morgan fingerprint density at radius 2 is 1.88 bits per heavy atom. The van der Waals surface area contributed by atoms with Crippen molar-refractivity contribution >= 4 is 22.8 Å². The number of rotatable bonds is 0. The van der Waals surface area contributed by atoms with Gasteiger partial charge < -0.3 is 4.57 Å². The van der Waals surface area contributed by atoms with Crippen molar-refractivity contribution in [3.05, 3.63) is 29.1 Å². The van der Waals surface area contributed by atoms with Crippen molar-refractivity contribution < 1.29 is 0 Å². The Morgan fingerprint density at radius 3 is 2.59 bits per heavy atom. The van der Waals surface area contributed by atoms with E-state index in [1.807, 2.05) is 11.8 Å². The maximum atomic E-state index is 4.81. The second-order valence-electron chi connectivity index (χ2n) is 5.44. The molecule has 1 aliphatic heterocycles. The van der Waals surface area contributed by atoms with E-state index in [1.54, 1.807) is 0 Å². The van der Waals surface area contributed by atoms with Crippen LogP contribution in [-0.4, -0.2) is 9.55 Å². The number of hydrogen-bond acceptors (Lipinski definition) is 2. The summed E-state index contributed by atoms with van der Waals surface area (Å²) in [4.78, 5) is 4.93. The fraction of sp³-hybridized carbons (Fsp3) is 0.500. The third-order valence-corrected chi connectivity index (χ3v) is 4.99. The van der Waals surface area contributed by atoms with Gasteiger partial charge >= 0.3 is 0 Å². The van der Waals surface area contributed by atoms with Gasteiger partial charge in [-0.15, -0.1) is 11.8 Å². The molecule has 1 unspecified atom stereocenters. The van der Waals surface area contributed by atoms with Crippen LogP contribution in [0.5, 0.6) is 0 Å². The lowest BCUT2D eigenvalue weighted by atomic mass is 10.1. The van der Waals surface area contributed by atoms with Gasteiger partial charge in [0.1, 0.15) is 5.82 Å². The molecule has 0 radical (unpaired) electrons. The van der Waals surface area contributed by atoms with Gasteiger partial charge in [-0.05, 0) is 57.9 Å². The second-order valence-corrected chi connectivity index (χ2v) is 7.38. The molecule has 0 aliphatic carbocycles. The molecule has 1 aromatic carbocycles. The Bertz CT molecular complexity index is 610. The summed E-state index contributed by atoms with van der Waals surface area (Å²) in [5, 5.41) is 0.484. The van der Waals surface area contributed by atoms with Gasteiger partial charge in [-0.1, -0.05) is 0 Å². The third-order valence-electron chi connectivity index (χ3n) is 3.66. The first-order valence-electron chi connectivity index (χ1n) is 6.08. The Balaban J connectivity index is 2.39. The molecule has 1 aromatic heterocycles. The lowest BCUT2D eigenvalue weighted by molar-refractivity contribution is 0.556. The first-order valence-corrected chi connectivity index (χ1v) is 6.96. The monoisotopic (exact) mass is 246 g/mol. The van der Waals surface area contributed by atoms with E-state index in [1.165, 1.54) is 22.5 Å². The highest BCUT2D eigenvalue weighted by molar-refractivity contribution is 8.00. The second kappa shape index (κ2) is 3.29. The summed E-state index contributed by atoms with van der Waals surface area (Å²) in [5.41, 5.74) is 5.10. The molecule has 1 atom stereocenters. The van der Waals surface area contributed by atoms with Crippen LogP contribution in [0.2, 0.25) is 0 Å². The average molecular weight is 246 g/mol. The summed E-state index contributed by atoms with van der Waals surface area (Å²) in [5.74, 6) is 1.22. The largest absolute Gasteiger partial charge is 0.312 e. The first-order chi connectivity index (χ1) is 7.90. The van der Waals surface area contributed by atoms with E-state index < -0.39 is 0 Å². The van der Waals surface area contributed by atoms with Crippen LogP contribution in [0.3, 0.4) is 0 Å². The number of benzene rings is 1. The zero-order valence-corrected chi connectivity index (χ0v) is 11.9. The molecule has 0 bridgehead atoms. The minimum absolute atomic E-state index is 0.116. The van der Waals surface area contributed by atoms with Gasteiger partial charge in [0.15, 0.2) is 0 Å². The van der Waals surface area contributed by atoms with Gasteiger partial charge in [0.25, 0.3) is 0 Å². The van der Waals surface area contributed by atoms with Crippen LogP contribution in [0.15, 0.2) is 12.1 Å². The van der Waals surface area contributed by atoms with Crippen LogP contribution >= 0.6 is 11.8 Å².